The molecule has 0 radical (unpaired) electrons. The van der Waals surface area contributed by atoms with Crippen LogP contribution in [0.5, 0.6) is 0 Å². The molecule has 1 amide bonds. The van der Waals surface area contributed by atoms with E-state index in [4.69, 9.17) is 0 Å². The molecule has 3 aromatic rings. The van der Waals surface area contributed by atoms with E-state index in [0.29, 0.717) is 0 Å². The lowest BCUT2D eigenvalue weighted by molar-refractivity contribution is 0.101. The highest BCUT2D eigenvalue weighted by Gasteiger charge is 2.12. The fraction of sp³-hybridized carbons (Fsp3) is 0.118. The van der Waals surface area contributed by atoms with Crippen molar-refractivity contribution >= 4 is 11.6 Å². The Morgan fingerprint density at radius 1 is 1.05 bits per heavy atom. The summed E-state index contributed by atoms with van der Waals surface area (Å²) in [6.45, 7) is 4.00. The van der Waals surface area contributed by atoms with Crippen LogP contribution in [-0.2, 0) is 0 Å². The quantitative estimate of drug-likeness (QED) is 0.806. The Hall–Kier alpha value is -2.95. The summed E-state index contributed by atoms with van der Waals surface area (Å²) in [5.41, 5.74) is 3.86. The number of nitrogens with one attached hydrogen (secondary N) is 1. The molecule has 0 unspecified atom stereocenters. The van der Waals surface area contributed by atoms with Crippen molar-refractivity contribution in [2.24, 2.45) is 0 Å². The number of hydrogen-bond donors (Lipinski definition) is 1. The number of nitrogens with zero attached hydrogens (tertiary/aromatic N) is 3. The second-order valence-corrected chi connectivity index (χ2v) is 5.17. The van der Waals surface area contributed by atoms with E-state index in [2.05, 4.69) is 15.4 Å². The van der Waals surface area contributed by atoms with E-state index in [0.717, 1.165) is 22.5 Å². The summed E-state index contributed by atoms with van der Waals surface area (Å²) in [4.78, 5) is 16.2. The largest absolute Gasteiger partial charge is 0.319 e. The summed E-state index contributed by atoms with van der Waals surface area (Å²) < 4.78 is 1.59. The van der Waals surface area contributed by atoms with Crippen molar-refractivity contribution in [3.63, 3.8) is 0 Å². The highest BCUT2D eigenvalue weighted by atomic mass is 16.2. The normalized spacial score (nSPS) is 10.5. The van der Waals surface area contributed by atoms with Gasteiger partial charge in [0.1, 0.15) is 6.33 Å². The van der Waals surface area contributed by atoms with E-state index in [9.17, 15) is 4.79 Å². The SMILES string of the molecule is Cc1ccc(NC(=O)c2ncn(-c3cccc(C)c3)n2)cc1. The van der Waals surface area contributed by atoms with Crippen LogP contribution in [0.25, 0.3) is 5.69 Å². The van der Waals surface area contributed by atoms with Gasteiger partial charge in [0.15, 0.2) is 0 Å². The lowest BCUT2D eigenvalue weighted by atomic mass is 10.2. The molecule has 1 aromatic heterocycles. The van der Waals surface area contributed by atoms with Gasteiger partial charge < -0.3 is 5.32 Å². The second kappa shape index (κ2) is 5.81. The van der Waals surface area contributed by atoms with Gasteiger partial charge in [-0.15, -0.1) is 5.10 Å². The number of anilines is 1. The average molecular weight is 292 g/mol. The number of carbonyl (C=O) groups is 1. The minimum atomic E-state index is -0.324. The van der Waals surface area contributed by atoms with E-state index in [-0.39, 0.29) is 11.7 Å². The molecule has 0 saturated heterocycles. The van der Waals surface area contributed by atoms with Crippen LogP contribution in [-0.4, -0.2) is 20.7 Å². The maximum Gasteiger partial charge on any atom is 0.295 e. The van der Waals surface area contributed by atoms with Crippen molar-refractivity contribution in [1.82, 2.24) is 14.8 Å². The maximum atomic E-state index is 12.2. The summed E-state index contributed by atoms with van der Waals surface area (Å²) in [5, 5.41) is 7.01. The molecule has 0 aliphatic rings. The van der Waals surface area contributed by atoms with Gasteiger partial charge in [0.05, 0.1) is 5.69 Å². The van der Waals surface area contributed by atoms with Crippen LogP contribution in [0.15, 0.2) is 54.9 Å². The fourth-order valence-corrected chi connectivity index (χ4v) is 2.09. The van der Waals surface area contributed by atoms with E-state index in [1.165, 1.54) is 0 Å². The van der Waals surface area contributed by atoms with Crippen molar-refractivity contribution in [2.45, 2.75) is 13.8 Å². The molecule has 0 bridgehead atoms. The third-order valence-corrected chi connectivity index (χ3v) is 3.27. The number of amides is 1. The molecule has 0 atom stereocenters. The summed E-state index contributed by atoms with van der Waals surface area (Å²) in [6.07, 6.45) is 1.54. The van der Waals surface area contributed by atoms with Gasteiger partial charge in [0.2, 0.25) is 5.82 Å². The molecular formula is C17H16N4O. The Bertz CT molecular complexity index is 806. The van der Waals surface area contributed by atoms with Crippen LogP contribution in [0.1, 0.15) is 21.7 Å². The van der Waals surface area contributed by atoms with E-state index in [1.807, 2.05) is 62.4 Å². The van der Waals surface area contributed by atoms with Gasteiger partial charge in [-0.2, -0.15) is 0 Å². The molecular weight excluding hydrogens is 276 g/mol. The van der Waals surface area contributed by atoms with Gasteiger partial charge >= 0.3 is 0 Å². The Kier molecular flexibility index (Phi) is 3.70. The monoisotopic (exact) mass is 292 g/mol. The molecule has 0 aliphatic heterocycles. The van der Waals surface area contributed by atoms with E-state index < -0.39 is 0 Å². The third kappa shape index (κ3) is 3.03. The topological polar surface area (TPSA) is 59.8 Å². The van der Waals surface area contributed by atoms with Crippen molar-refractivity contribution in [3.05, 3.63) is 71.8 Å². The van der Waals surface area contributed by atoms with Crippen LogP contribution in [0.4, 0.5) is 5.69 Å². The molecule has 110 valence electrons. The Balaban J connectivity index is 1.78. The van der Waals surface area contributed by atoms with Gasteiger partial charge in [0, 0.05) is 5.69 Å². The zero-order chi connectivity index (χ0) is 15.5. The van der Waals surface area contributed by atoms with Gasteiger partial charge in [-0.05, 0) is 43.7 Å². The average Bonchev–Trinajstić information content (AvgIpc) is 3.00. The maximum absolute atomic E-state index is 12.2. The van der Waals surface area contributed by atoms with Crippen LogP contribution in [0.2, 0.25) is 0 Å². The lowest BCUT2D eigenvalue weighted by Crippen LogP contribution is -2.14. The van der Waals surface area contributed by atoms with E-state index in [1.54, 1.807) is 11.0 Å². The molecule has 5 heteroatoms. The first kappa shape index (κ1) is 14.0. The van der Waals surface area contributed by atoms with Crippen molar-refractivity contribution in [1.29, 1.82) is 0 Å². The number of benzene rings is 2. The number of carbonyl (C=O) groups excluding carboxylic acids is 1. The smallest absolute Gasteiger partial charge is 0.295 e. The molecule has 0 saturated carbocycles. The molecule has 0 spiro atoms. The predicted molar refractivity (Wildman–Crippen MR) is 85.2 cm³/mol. The van der Waals surface area contributed by atoms with Gasteiger partial charge in [-0.1, -0.05) is 29.8 Å². The van der Waals surface area contributed by atoms with Crippen LogP contribution >= 0.6 is 0 Å². The zero-order valence-corrected chi connectivity index (χ0v) is 12.4. The molecule has 3 rings (SSSR count). The standard InChI is InChI=1S/C17H16N4O/c1-12-6-8-14(9-7-12)19-17(22)16-18-11-21(20-16)15-5-3-4-13(2)10-15/h3-11H,1-2H3,(H,19,22). The summed E-state index contributed by atoms with van der Waals surface area (Å²) >= 11 is 0. The Morgan fingerprint density at radius 3 is 2.55 bits per heavy atom. The summed E-state index contributed by atoms with van der Waals surface area (Å²) in [5.74, 6) is -0.183. The van der Waals surface area contributed by atoms with Gasteiger partial charge in [-0.3, -0.25) is 4.79 Å². The van der Waals surface area contributed by atoms with Gasteiger partial charge in [0.25, 0.3) is 5.91 Å². The van der Waals surface area contributed by atoms with Crippen molar-refractivity contribution in [3.8, 4) is 5.69 Å². The number of hydrogen-bond acceptors (Lipinski definition) is 3. The van der Waals surface area contributed by atoms with Gasteiger partial charge in [-0.25, -0.2) is 9.67 Å². The fourth-order valence-electron chi connectivity index (χ4n) is 2.09. The lowest BCUT2D eigenvalue weighted by Gasteiger charge is -2.03. The first-order chi connectivity index (χ1) is 10.6. The molecule has 0 fully saturated rings. The molecule has 5 nitrogen and oxygen atoms in total. The first-order valence-corrected chi connectivity index (χ1v) is 6.98. The predicted octanol–water partition coefficient (Wildman–Crippen LogP) is 3.14. The highest BCUT2D eigenvalue weighted by molar-refractivity contribution is 6.01. The number of rotatable bonds is 3. The van der Waals surface area contributed by atoms with Crippen LogP contribution < -0.4 is 5.32 Å². The molecule has 22 heavy (non-hydrogen) atoms. The van der Waals surface area contributed by atoms with E-state index >= 15 is 0 Å². The molecule has 2 aromatic carbocycles. The molecule has 1 N–H and O–H groups in total. The minimum Gasteiger partial charge on any atom is -0.319 e. The summed E-state index contributed by atoms with van der Waals surface area (Å²) in [7, 11) is 0. The third-order valence-electron chi connectivity index (χ3n) is 3.27. The van der Waals surface area contributed by atoms with Crippen molar-refractivity contribution < 1.29 is 4.79 Å². The Morgan fingerprint density at radius 2 is 1.82 bits per heavy atom. The second-order valence-electron chi connectivity index (χ2n) is 5.17. The highest BCUT2D eigenvalue weighted by Crippen LogP contribution is 2.11. The zero-order valence-electron chi connectivity index (χ0n) is 12.4. The van der Waals surface area contributed by atoms with Crippen LogP contribution in [0, 0.1) is 13.8 Å². The van der Waals surface area contributed by atoms with Crippen molar-refractivity contribution in [2.75, 3.05) is 5.32 Å². The van der Waals surface area contributed by atoms with Crippen LogP contribution in [0.3, 0.4) is 0 Å². The number of aromatic nitrogens is 3. The Labute approximate surface area is 128 Å². The minimum absolute atomic E-state index is 0.141. The number of aryl methyl sites for hydroxylation is 2. The molecule has 1 heterocycles. The molecule has 0 aliphatic carbocycles. The summed E-state index contributed by atoms with van der Waals surface area (Å²) in [6, 6.07) is 15.4. The first-order valence-electron chi connectivity index (χ1n) is 6.98.